The predicted octanol–water partition coefficient (Wildman–Crippen LogP) is 1.62. The SMILES string of the molecule is CC(C)C(N)C(=O)OCc1ccc([N+](=O)[O-])cc1. The molecule has 0 saturated heterocycles. The van der Waals surface area contributed by atoms with Crippen LogP contribution in [0.5, 0.6) is 0 Å². The average molecular weight is 252 g/mol. The monoisotopic (exact) mass is 252 g/mol. The Labute approximate surface area is 105 Å². The molecule has 0 saturated carbocycles. The Morgan fingerprint density at radius 1 is 1.39 bits per heavy atom. The second-order valence-electron chi connectivity index (χ2n) is 4.30. The van der Waals surface area contributed by atoms with E-state index in [1.54, 1.807) is 12.1 Å². The van der Waals surface area contributed by atoms with E-state index in [1.165, 1.54) is 12.1 Å². The van der Waals surface area contributed by atoms with Gasteiger partial charge in [-0.25, -0.2) is 0 Å². The first-order valence-corrected chi connectivity index (χ1v) is 5.57. The van der Waals surface area contributed by atoms with E-state index in [4.69, 9.17) is 10.5 Å². The topological polar surface area (TPSA) is 95.5 Å². The number of esters is 1. The molecular formula is C12H16N2O4. The zero-order chi connectivity index (χ0) is 13.7. The van der Waals surface area contributed by atoms with Crippen LogP contribution in [0.25, 0.3) is 0 Å². The van der Waals surface area contributed by atoms with Crippen molar-refractivity contribution in [3.63, 3.8) is 0 Å². The molecule has 0 amide bonds. The second-order valence-corrected chi connectivity index (χ2v) is 4.30. The zero-order valence-electron chi connectivity index (χ0n) is 10.3. The first kappa shape index (κ1) is 14.1. The summed E-state index contributed by atoms with van der Waals surface area (Å²) in [5.74, 6) is -0.460. The highest BCUT2D eigenvalue weighted by molar-refractivity contribution is 5.75. The molecule has 0 spiro atoms. The highest BCUT2D eigenvalue weighted by Crippen LogP contribution is 2.13. The van der Waals surface area contributed by atoms with Crippen molar-refractivity contribution in [2.24, 2.45) is 11.7 Å². The standard InChI is InChI=1S/C12H16N2O4/c1-8(2)11(13)12(15)18-7-9-3-5-10(6-4-9)14(16)17/h3-6,8,11H,7,13H2,1-2H3. The summed E-state index contributed by atoms with van der Waals surface area (Å²) in [5.41, 5.74) is 6.31. The maximum atomic E-state index is 11.5. The van der Waals surface area contributed by atoms with Gasteiger partial charge in [-0.15, -0.1) is 0 Å². The maximum Gasteiger partial charge on any atom is 0.323 e. The van der Waals surface area contributed by atoms with E-state index in [0.29, 0.717) is 5.56 Å². The summed E-state index contributed by atoms with van der Waals surface area (Å²) in [6, 6.07) is 5.18. The van der Waals surface area contributed by atoms with E-state index in [2.05, 4.69) is 0 Å². The number of non-ortho nitro benzene ring substituents is 1. The van der Waals surface area contributed by atoms with Crippen molar-refractivity contribution in [1.82, 2.24) is 0 Å². The van der Waals surface area contributed by atoms with Gasteiger partial charge in [-0.2, -0.15) is 0 Å². The molecule has 6 nitrogen and oxygen atoms in total. The smallest absolute Gasteiger partial charge is 0.323 e. The Balaban J connectivity index is 2.54. The van der Waals surface area contributed by atoms with Gasteiger partial charge in [0.25, 0.3) is 5.69 Å². The molecule has 1 aromatic carbocycles. The molecule has 98 valence electrons. The molecule has 0 fully saturated rings. The number of nitro groups is 1. The maximum absolute atomic E-state index is 11.5. The fraction of sp³-hybridized carbons (Fsp3) is 0.417. The molecule has 18 heavy (non-hydrogen) atoms. The fourth-order valence-electron chi connectivity index (χ4n) is 1.24. The first-order chi connectivity index (χ1) is 8.41. The molecule has 1 atom stereocenters. The number of benzene rings is 1. The van der Waals surface area contributed by atoms with Gasteiger partial charge in [-0.3, -0.25) is 14.9 Å². The molecule has 0 aliphatic carbocycles. The van der Waals surface area contributed by atoms with Crippen LogP contribution >= 0.6 is 0 Å². The Morgan fingerprint density at radius 2 is 1.94 bits per heavy atom. The van der Waals surface area contributed by atoms with E-state index < -0.39 is 16.9 Å². The summed E-state index contributed by atoms with van der Waals surface area (Å²) >= 11 is 0. The van der Waals surface area contributed by atoms with Crippen LogP contribution < -0.4 is 5.73 Å². The molecular weight excluding hydrogens is 236 g/mol. The summed E-state index contributed by atoms with van der Waals surface area (Å²) in [7, 11) is 0. The van der Waals surface area contributed by atoms with E-state index >= 15 is 0 Å². The van der Waals surface area contributed by atoms with Crippen LogP contribution in [0.1, 0.15) is 19.4 Å². The molecule has 0 aliphatic rings. The summed E-state index contributed by atoms with van der Waals surface area (Å²) in [6.07, 6.45) is 0. The molecule has 0 heterocycles. The zero-order valence-corrected chi connectivity index (χ0v) is 10.3. The number of carbonyl (C=O) groups is 1. The molecule has 1 rings (SSSR count). The third-order valence-corrected chi connectivity index (χ3v) is 2.52. The van der Waals surface area contributed by atoms with Crippen molar-refractivity contribution in [2.75, 3.05) is 0 Å². The van der Waals surface area contributed by atoms with Gasteiger partial charge in [-0.05, 0) is 23.6 Å². The van der Waals surface area contributed by atoms with Crippen LogP contribution in [0.4, 0.5) is 5.69 Å². The summed E-state index contributed by atoms with van der Waals surface area (Å²) in [5, 5.41) is 10.4. The molecule has 0 radical (unpaired) electrons. The van der Waals surface area contributed by atoms with Crippen LogP contribution in [0.2, 0.25) is 0 Å². The number of nitrogens with two attached hydrogens (primary N) is 1. The molecule has 0 aromatic heterocycles. The van der Waals surface area contributed by atoms with Crippen LogP contribution in [-0.2, 0) is 16.1 Å². The fourth-order valence-corrected chi connectivity index (χ4v) is 1.24. The molecule has 0 bridgehead atoms. The third kappa shape index (κ3) is 3.81. The lowest BCUT2D eigenvalue weighted by Crippen LogP contribution is -2.36. The molecule has 1 unspecified atom stereocenters. The quantitative estimate of drug-likeness (QED) is 0.488. The molecule has 1 aromatic rings. The number of hydrogen-bond donors (Lipinski definition) is 1. The van der Waals surface area contributed by atoms with Gasteiger partial charge in [0.15, 0.2) is 0 Å². The van der Waals surface area contributed by atoms with Crippen LogP contribution in [0.15, 0.2) is 24.3 Å². The van der Waals surface area contributed by atoms with Crippen molar-refractivity contribution in [2.45, 2.75) is 26.5 Å². The van der Waals surface area contributed by atoms with Gasteiger partial charge >= 0.3 is 5.97 Å². The van der Waals surface area contributed by atoms with Crippen LogP contribution in [-0.4, -0.2) is 16.9 Å². The Kier molecular flexibility index (Phi) is 4.79. The lowest BCUT2D eigenvalue weighted by Gasteiger charge is -2.14. The van der Waals surface area contributed by atoms with Crippen molar-refractivity contribution >= 4 is 11.7 Å². The van der Waals surface area contributed by atoms with E-state index in [-0.39, 0.29) is 18.2 Å². The Hall–Kier alpha value is -1.95. The van der Waals surface area contributed by atoms with Crippen molar-refractivity contribution in [3.05, 3.63) is 39.9 Å². The largest absolute Gasteiger partial charge is 0.460 e. The molecule has 2 N–H and O–H groups in total. The molecule has 6 heteroatoms. The number of hydrogen-bond acceptors (Lipinski definition) is 5. The van der Waals surface area contributed by atoms with E-state index in [9.17, 15) is 14.9 Å². The van der Waals surface area contributed by atoms with Crippen LogP contribution in [0, 0.1) is 16.0 Å². The van der Waals surface area contributed by atoms with Gasteiger partial charge in [0, 0.05) is 12.1 Å². The predicted molar refractivity (Wildman–Crippen MR) is 65.7 cm³/mol. The number of ether oxygens (including phenoxy) is 1. The Bertz CT molecular complexity index is 428. The summed E-state index contributed by atoms with van der Waals surface area (Å²) in [4.78, 5) is 21.4. The van der Waals surface area contributed by atoms with Gasteiger partial charge in [0.05, 0.1) is 4.92 Å². The Morgan fingerprint density at radius 3 is 2.39 bits per heavy atom. The second kappa shape index (κ2) is 6.11. The number of nitro benzene ring substituents is 1. The molecule has 0 aliphatic heterocycles. The lowest BCUT2D eigenvalue weighted by atomic mass is 10.1. The highest BCUT2D eigenvalue weighted by atomic mass is 16.6. The first-order valence-electron chi connectivity index (χ1n) is 5.57. The van der Waals surface area contributed by atoms with Crippen molar-refractivity contribution < 1.29 is 14.5 Å². The summed E-state index contributed by atoms with van der Waals surface area (Å²) in [6.45, 7) is 3.73. The van der Waals surface area contributed by atoms with Gasteiger partial charge in [0.1, 0.15) is 12.6 Å². The number of carbonyl (C=O) groups excluding carboxylic acids is 1. The van der Waals surface area contributed by atoms with E-state index in [0.717, 1.165) is 0 Å². The van der Waals surface area contributed by atoms with Crippen molar-refractivity contribution in [3.8, 4) is 0 Å². The van der Waals surface area contributed by atoms with Gasteiger partial charge in [-0.1, -0.05) is 13.8 Å². The van der Waals surface area contributed by atoms with E-state index in [1.807, 2.05) is 13.8 Å². The minimum Gasteiger partial charge on any atom is -0.460 e. The minimum absolute atomic E-state index is 0.00367. The summed E-state index contributed by atoms with van der Waals surface area (Å²) < 4.78 is 5.02. The minimum atomic E-state index is -0.650. The van der Waals surface area contributed by atoms with Crippen LogP contribution in [0.3, 0.4) is 0 Å². The normalized spacial score (nSPS) is 12.2. The lowest BCUT2D eigenvalue weighted by molar-refractivity contribution is -0.384. The number of rotatable bonds is 5. The average Bonchev–Trinajstić information content (AvgIpc) is 2.35. The third-order valence-electron chi connectivity index (χ3n) is 2.52. The van der Waals surface area contributed by atoms with Gasteiger partial charge < -0.3 is 10.5 Å². The number of nitrogens with zero attached hydrogens (tertiary/aromatic N) is 1. The highest BCUT2D eigenvalue weighted by Gasteiger charge is 2.18. The van der Waals surface area contributed by atoms with Crippen molar-refractivity contribution in [1.29, 1.82) is 0 Å². The van der Waals surface area contributed by atoms with Gasteiger partial charge in [0.2, 0.25) is 0 Å².